The average molecular weight is 295 g/mol. The van der Waals surface area contributed by atoms with Gasteiger partial charge in [-0.3, -0.25) is 0 Å². The van der Waals surface area contributed by atoms with E-state index in [1.165, 1.54) is 11.3 Å². The summed E-state index contributed by atoms with van der Waals surface area (Å²) in [5.41, 5.74) is 7.78. The van der Waals surface area contributed by atoms with Crippen molar-refractivity contribution in [1.29, 1.82) is 0 Å². The fourth-order valence-corrected chi connectivity index (χ4v) is 4.11. The Morgan fingerprint density at radius 1 is 1.47 bits per heavy atom. The van der Waals surface area contributed by atoms with Gasteiger partial charge in [0.05, 0.1) is 17.2 Å². The van der Waals surface area contributed by atoms with Crippen LogP contribution in [0.2, 0.25) is 0 Å². The van der Waals surface area contributed by atoms with Crippen LogP contribution in [0, 0.1) is 0 Å². The highest BCUT2D eigenvalue weighted by Crippen LogP contribution is 2.44. The highest BCUT2D eigenvalue weighted by molar-refractivity contribution is 7.23. The second-order valence-electron chi connectivity index (χ2n) is 4.44. The van der Waals surface area contributed by atoms with E-state index in [0.29, 0.717) is 17.2 Å². The zero-order valence-corrected chi connectivity index (χ0v) is 12.9. The number of esters is 1. The molecule has 0 saturated heterocycles. The summed E-state index contributed by atoms with van der Waals surface area (Å²) in [6, 6.07) is 4.06. The number of thiophene rings is 2. The number of hydrogen-bond acceptors (Lipinski definition) is 5. The highest BCUT2D eigenvalue weighted by atomic mass is 32.1. The van der Waals surface area contributed by atoms with Crippen molar-refractivity contribution < 1.29 is 9.53 Å². The summed E-state index contributed by atoms with van der Waals surface area (Å²) in [5.74, 6) is -0.0498. The van der Waals surface area contributed by atoms with Crippen LogP contribution in [0.25, 0.3) is 9.75 Å². The van der Waals surface area contributed by atoms with Crippen molar-refractivity contribution in [2.45, 2.75) is 26.7 Å². The number of rotatable bonds is 4. The molecule has 0 aliphatic heterocycles. The maximum Gasteiger partial charge on any atom is 0.350 e. The maximum absolute atomic E-state index is 11.9. The Morgan fingerprint density at radius 3 is 2.74 bits per heavy atom. The monoisotopic (exact) mass is 295 g/mol. The van der Waals surface area contributed by atoms with Crippen molar-refractivity contribution in [1.82, 2.24) is 0 Å². The van der Waals surface area contributed by atoms with Gasteiger partial charge in [0.15, 0.2) is 0 Å². The lowest BCUT2D eigenvalue weighted by atomic mass is 10.0. The lowest BCUT2D eigenvalue weighted by Crippen LogP contribution is -2.06. The number of nitrogen functional groups attached to an aromatic ring is 1. The van der Waals surface area contributed by atoms with Gasteiger partial charge >= 0.3 is 5.97 Å². The SMILES string of the molecule is CCOC(=O)c1sc(-c2cccs2)c(C(C)C)c1N. The molecule has 2 aromatic rings. The fourth-order valence-electron chi connectivity index (χ4n) is 1.97. The average Bonchev–Trinajstić information content (AvgIpc) is 2.95. The largest absolute Gasteiger partial charge is 0.462 e. The first-order chi connectivity index (χ1) is 9.06. The first-order valence-electron chi connectivity index (χ1n) is 6.19. The zero-order chi connectivity index (χ0) is 14.0. The van der Waals surface area contributed by atoms with Crippen LogP contribution in [0.15, 0.2) is 17.5 Å². The third-order valence-electron chi connectivity index (χ3n) is 2.77. The molecule has 0 bridgehead atoms. The van der Waals surface area contributed by atoms with Gasteiger partial charge in [0.1, 0.15) is 4.88 Å². The molecule has 102 valence electrons. The Bertz CT molecular complexity index is 571. The topological polar surface area (TPSA) is 52.3 Å². The molecule has 2 heterocycles. The standard InChI is InChI=1S/C14H17NO2S2/c1-4-17-14(16)13-11(15)10(8(2)3)12(19-13)9-6-5-7-18-9/h5-8H,4,15H2,1-3H3. The van der Waals surface area contributed by atoms with Crippen LogP contribution >= 0.6 is 22.7 Å². The van der Waals surface area contributed by atoms with Gasteiger partial charge in [-0.05, 0) is 29.9 Å². The molecule has 0 amide bonds. The molecule has 0 radical (unpaired) electrons. The van der Waals surface area contributed by atoms with Gasteiger partial charge < -0.3 is 10.5 Å². The van der Waals surface area contributed by atoms with E-state index in [0.717, 1.165) is 15.3 Å². The Morgan fingerprint density at radius 2 is 2.21 bits per heavy atom. The molecule has 3 nitrogen and oxygen atoms in total. The van der Waals surface area contributed by atoms with Gasteiger partial charge in [0.25, 0.3) is 0 Å². The fraction of sp³-hybridized carbons (Fsp3) is 0.357. The second-order valence-corrected chi connectivity index (χ2v) is 6.41. The van der Waals surface area contributed by atoms with Crippen LogP contribution in [-0.2, 0) is 4.74 Å². The molecule has 19 heavy (non-hydrogen) atoms. The predicted molar refractivity (Wildman–Crippen MR) is 82.1 cm³/mol. The smallest absolute Gasteiger partial charge is 0.350 e. The molecule has 0 fully saturated rings. The number of carbonyl (C=O) groups is 1. The summed E-state index contributed by atoms with van der Waals surface area (Å²) >= 11 is 3.09. The van der Waals surface area contributed by atoms with E-state index in [4.69, 9.17) is 10.5 Å². The number of carbonyl (C=O) groups excluding carboxylic acids is 1. The van der Waals surface area contributed by atoms with Crippen LogP contribution in [0.4, 0.5) is 5.69 Å². The molecule has 2 rings (SSSR count). The number of anilines is 1. The third-order valence-corrected chi connectivity index (χ3v) is 5.02. The molecule has 5 heteroatoms. The minimum absolute atomic E-state index is 0.275. The van der Waals surface area contributed by atoms with E-state index < -0.39 is 0 Å². The van der Waals surface area contributed by atoms with Crippen molar-refractivity contribution in [3.05, 3.63) is 28.0 Å². The second kappa shape index (κ2) is 5.75. The van der Waals surface area contributed by atoms with E-state index in [-0.39, 0.29) is 11.9 Å². The maximum atomic E-state index is 11.9. The van der Waals surface area contributed by atoms with E-state index in [2.05, 4.69) is 19.9 Å². The summed E-state index contributed by atoms with van der Waals surface area (Å²) in [5, 5.41) is 2.03. The quantitative estimate of drug-likeness (QED) is 0.853. The molecule has 0 aromatic carbocycles. The highest BCUT2D eigenvalue weighted by Gasteiger charge is 2.24. The van der Waals surface area contributed by atoms with Crippen LogP contribution in [0.3, 0.4) is 0 Å². The lowest BCUT2D eigenvalue weighted by Gasteiger charge is -2.07. The lowest BCUT2D eigenvalue weighted by molar-refractivity contribution is 0.0533. The molecule has 0 aliphatic carbocycles. The summed E-state index contributed by atoms with van der Waals surface area (Å²) in [7, 11) is 0. The number of nitrogens with two attached hydrogens (primary N) is 1. The molecule has 2 N–H and O–H groups in total. The van der Waals surface area contributed by atoms with Gasteiger partial charge in [-0.1, -0.05) is 19.9 Å². The van der Waals surface area contributed by atoms with E-state index >= 15 is 0 Å². The van der Waals surface area contributed by atoms with Crippen LogP contribution < -0.4 is 5.73 Å². The Labute approximate surface area is 121 Å². The minimum Gasteiger partial charge on any atom is -0.462 e. The van der Waals surface area contributed by atoms with Crippen molar-refractivity contribution in [2.75, 3.05) is 12.3 Å². The normalized spacial score (nSPS) is 10.9. The summed E-state index contributed by atoms with van der Waals surface area (Å²) < 4.78 is 5.07. The van der Waals surface area contributed by atoms with Gasteiger partial charge in [-0.25, -0.2) is 4.79 Å². The third kappa shape index (κ3) is 2.67. The Hall–Kier alpha value is -1.33. The van der Waals surface area contributed by atoms with Crippen LogP contribution in [0.1, 0.15) is 41.9 Å². The summed E-state index contributed by atoms with van der Waals surface area (Å²) in [6.45, 7) is 6.33. The first kappa shape index (κ1) is 14.1. The van der Waals surface area contributed by atoms with Gasteiger partial charge in [-0.2, -0.15) is 0 Å². The summed E-state index contributed by atoms with van der Waals surface area (Å²) in [4.78, 5) is 14.7. The predicted octanol–water partition coefficient (Wildman–Crippen LogP) is 4.36. The van der Waals surface area contributed by atoms with Gasteiger partial charge in [0, 0.05) is 4.88 Å². The molecule has 0 atom stereocenters. The summed E-state index contributed by atoms with van der Waals surface area (Å²) in [6.07, 6.45) is 0. The van der Waals surface area contributed by atoms with Crippen molar-refractivity contribution in [3.63, 3.8) is 0 Å². The number of hydrogen-bond donors (Lipinski definition) is 1. The first-order valence-corrected chi connectivity index (χ1v) is 7.89. The molecule has 0 saturated carbocycles. The van der Waals surface area contributed by atoms with Crippen molar-refractivity contribution >= 4 is 34.3 Å². The van der Waals surface area contributed by atoms with Crippen LogP contribution in [0.5, 0.6) is 0 Å². The molecule has 2 aromatic heterocycles. The van der Waals surface area contributed by atoms with Crippen LogP contribution in [-0.4, -0.2) is 12.6 Å². The molecular formula is C14H17NO2S2. The minimum atomic E-state index is -0.324. The molecule has 0 spiro atoms. The Balaban J connectivity index is 2.55. The van der Waals surface area contributed by atoms with Crippen molar-refractivity contribution in [3.8, 4) is 9.75 Å². The van der Waals surface area contributed by atoms with E-state index in [1.54, 1.807) is 18.3 Å². The zero-order valence-electron chi connectivity index (χ0n) is 11.2. The van der Waals surface area contributed by atoms with Crippen molar-refractivity contribution in [2.24, 2.45) is 0 Å². The molecule has 0 unspecified atom stereocenters. The van der Waals surface area contributed by atoms with Gasteiger partial charge in [-0.15, -0.1) is 22.7 Å². The van der Waals surface area contributed by atoms with Gasteiger partial charge in [0.2, 0.25) is 0 Å². The molecular weight excluding hydrogens is 278 g/mol. The Kier molecular flexibility index (Phi) is 4.27. The van der Waals surface area contributed by atoms with E-state index in [9.17, 15) is 4.79 Å². The molecule has 0 aliphatic rings. The van der Waals surface area contributed by atoms with E-state index in [1.807, 2.05) is 11.4 Å². The number of ether oxygens (including phenoxy) is 1.